The van der Waals surface area contributed by atoms with Crippen molar-refractivity contribution in [1.82, 2.24) is 15.0 Å². The van der Waals surface area contributed by atoms with E-state index in [1.165, 1.54) is 5.56 Å². The molecule has 0 aliphatic rings. The zero-order valence-electron chi connectivity index (χ0n) is 14.2. The minimum Gasteiger partial charge on any atom is -0.505 e. The topological polar surface area (TPSA) is 50.9 Å². The lowest BCUT2D eigenvalue weighted by Crippen LogP contribution is -2.17. The Morgan fingerprint density at radius 2 is 1.65 bits per heavy atom. The number of hydrogen-bond donors (Lipinski definition) is 1. The lowest BCUT2D eigenvalue weighted by Gasteiger charge is -2.26. The third-order valence-electron chi connectivity index (χ3n) is 4.67. The molecule has 3 aromatic rings. The molecule has 23 heavy (non-hydrogen) atoms. The van der Waals surface area contributed by atoms with Crippen LogP contribution in [0.15, 0.2) is 36.4 Å². The zero-order valence-corrected chi connectivity index (χ0v) is 14.2. The van der Waals surface area contributed by atoms with Gasteiger partial charge in [0.05, 0.1) is 0 Å². The summed E-state index contributed by atoms with van der Waals surface area (Å²) in [7, 11) is 0. The van der Waals surface area contributed by atoms with Crippen LogP contribution in [0.5, 0.6) is 5.75 Å². The first-order valence-corrected chi connectivity index (χ1v) is 8.15. The van der Waals surface area contributed by atoms with Gasteiger partial charge < -0.3 is 5.11 Å². The fourth-order valence-electron chi connectivity index (χ4n) is 2.71. The van der Waals surface area contributed by atoms with Crippen LogP contribution in [0.4, 0.5) is 0 Å². The van der Waals surface area contributed by atoms with Crippen LogP contribution >= 0.6 is 0 Å². The molecule has 0 saturated carbocycles. The van der Waals surface area contributed by atoms with Crippen LogP contribution in [0, 0.1) is 0 Å². The number of hydrogen-bond acceptors (Lipinski definition) is 3. The predicted molar refractivity (Wildman–Crippen MR) is 93.2 cm³/mol. The summed E-state index contributed by atoms with van der Waals surface area (Å²) >= 11 is 0. The number of fused-ring (bicyclic) bond motifs is 1. The van der Waals surface area contributed by atoms with Gasteiger partial charge in [0.2, 0.25) is 0 Å². The van der Waals surface area contributed by atoms with E-state index in [9.17, 15) is 5.11 Å². The molecule has 0 bridgehead atoms. The number of benzene rings is 2. The van der Waals surface area contributed by atoms with E-state index < -0.39 is 0 Å². The Morgan fingerprint density at radius 1 is 1.04 bits per heavy atom. The molecule has 4 nitrogen and oxygen atoms in total. The maximum Gasteiger partial charge on any atom is 0.146 e. The number of nitrogens with zero attached hydrogens (tertiary/aromatic N) is 3. The summed E-state index contributed by atoms with van der Waals surface area (Å²) in [6.07, 6.45) is 1.85. The molecule has 2 aromatic carbocycles. The van der Waals surface area contributed by atoms with E-state index in [1.54, 1.807) is 4.80 Å². The quantitative estimate of drug-likeness (QED) is 0.778. The van der Waals surface area contributed by atoms with Gasteiger partial charge in [0, 0.05) is 5.56 Å². The second-order valence-corrected chi connectivity index (χ2v) is 6.58. The van der Waals surface area contributed by atoms with Crippen LogP contribution in [0.2, 0.25) is 0 Å². The highest BCUT2D eigenvalue weighted by atomic mass is 16.3. The van der Waals surface area contributed by atoms with Gasteiger partial charge in [-0.05, 0) is 42.0 Å². The normalized spacial score (nSPS) is 12.0. The first-order chi connectivity index (χ1) is 11.0. The maximum absolute atomic E-state index is 10.9. The Labute approximate surface area is 136 Å². The van der Waals surface area contributed by atoms with E-state index in [0.717, 1.165) is 29.4 Å². The number of phenolic OH excluding ortho intramolecular Hbond substituents is 1. The Bertz CT molecular complexity index is 816. The molecule has 0 saturated heterocycles. The maximum atomic E-state index is 10.9. The summed E-state index contributed by atoms with van der Waals surface area (Å²) in [6, 6.07) is 11.8. The summed E-state index contributed by atoms with van der Waals surface area (Å²) in [5.74, 6) is 0.273. The summed E-state index contributed by atoms with van der Waals surface area (Å²) in [4.78, 5) is 1.55. The summed E-state index contributed by atoms with van der Waals surface area (Å²) in [6.45, 7) is 8.56. The highest BCUT2D eigenvalue weighted by molar-refractivity contribution is 5.73. The van der Waals surface area contributed by atoms with E-state index >= 15 is 0 Å². The zero-order chi connectivity index (χ0) is 16.6. The second-order valence-electron chi connectivity index (χ2n) is 6.58. The number of aromatic nitrogens is 3. The monoisotopic (exact) mass is 309 g/mol. The molecular formula is C19H23N3O. The van der Waals surface area contributed by atoms with Crippen LogP contribution in [0.25, 0.3) is 16.7 Å². The smallest absolute Gasteiger partial charge is 0.146 e. The fourth-order valence-corrected chi connectivity index (χ4v) is 2.71. The standard InChI is InChI=1S/C19H23N3O/c1-5-13-11-14(19(3,4)6-2)18(23)17(12-13)22-20-15-9-7-8-10-16(15)21-22/h7-12,23H,5-6H2,1-4H3. The molecule has 0 atom stereocenters. The Kier molecular flexibility index (Phi) is 3.84. The fraction of sp³-hybridized carbons (Fsp3) is 0.368. The van der Waals surface area contributed by atoms with Crippen molar-refractivity contribution in [2.75, 3.05) is 0 Å². The van der Waals surface area contributed by atoms with Gasteiger partial charge in [-0.1, -0.05) is 45.9 Å². The van der Waals surface area contributed by atoms with Crippen molar-refractivity contribution in [1.29, 1.82) is 0 Å². The van der Waals surface area contributed by atoms with Crippen molar-refractivity contribution in [3.63, 3.8) is 0 Å². The lowest BCUT2D eigenvalue weighted by atomic mass is 9.80. The van der Waals surface area contributed by atoms with E-state index in [1.807, 2.05) is 30.3 Å². The van der Waals surface area contributed by atoms with E-state index in [2.05, 4.69) is 44.0 Å². The molecule has 0 aliphatic heterocycles. The largest absolute Gasteiger partial charge is 0.505 e. The molecule has 1 heterocycles. The number of aromatic hydroxyl groups is 1. The molecule has 0 spiro atoms. The van der Waals surface area contributed by atoms with Crippen molar-refractivity contribution in [3.8, 4) is 11.4 Å². The Balaban J connectivity index is 2.24. The molecule has 0 amide bonds. The van der Waals surface area contributed by atoms with Gasteiger partial charge in [0.15, 0.2) is 0 Å². The summed E-state index contributed by atoms with van der Waals surface area (Å²) in [5.41, 5.74) is 4.33. The molecule has 0 aliphatic carbocycles. The number of aryl methyl sites for hydroxylation is 1. The molecule has 120 valence electrons. The van der Waals surface area contributed by atoms with E-state index in [0.29, 0.717) is 5.69 Å². The first kappa shape index (κ1) is 15.5. The lowest BCUT2D eigenvalue weighted by molar-refractivity contribution is 0.423. The van der Waals surface area contributed by atoms with Gasteiger partial charge in [-0.2, -0.15) is 0 Å². The van der Waals surface area contributed by atoms with Crippen LogP contribution < -0.4 is 0 Å². The molecule has 0 fully saturated rings. The highest BCUT2D eigenvalue weighted by Crippen LogP contribution is 2.38. The third kappa shape index (κ3) is 2.69. The van der Waals surface area contributed by atoms with Crippen molar-refractivity contribution < 1.29 is 5.11 Å². The van der Waals surface area contributed by atoms with Crippen molar-refractivity contribution in [2.45, 2.75) is 46.0 Å². The van der Waals surface area contributed by atoms with Gasteiger partial charge in [-0.15, -0.1) is 15.0 Å². The number of rotatable bonds is 4. The van der Waals surface area contributed by atoms with Crippen LogP contribution in [0.3, 0.4) is 0 Å². The van der Waals surface area contributed by atoms with Crippen LogP contribution in [0.1, 0.15) is 45.2 Å². The molecule has 1 aromatic heterocycles. The summed E-state index contributed by atoms with van der Waals surface area (Å²) < 4.78 is 0. The van der Waals surface area contributed by atoms with Crippen molar-refractivity contribution in [2.24, 2.45) is 0 Å². The van der Waals surface area contributed by atoms with Gasteiger partial charge in [-0.3, -0.25) is 0 Å². The van der Waals surface area contributed by atoms with Crippen molar-refractivity contribution in [3.05, 3.63) is 47.5 Å². The van der Waals surface area contributed by atoms with Crippen LogP contribution in [-0.2, 0) is 11.8 Å². The van der Waals surface area contributed by atoms with Gasteiger partial charge in [0.25, 0.3) is 0 Å². The Morgan fingerprint density at radius 3 is 2.17 bits per heavy atom. The molecule has 0 unspecified atom stereocenters. The first-order valence-electron chi connectivity index (χ1n) is 8.15. The molecule has 0 radical (unpaired) electrons. The number of phenols is 1. The predicted octanol–water partition coefficient (Wildman–Crippen LogP) is 4.38. The summed E-state index contributed by atoms with van der Waals surface area (Å²) in [5, 5.41) is 19.9. The van der Waals surface area contributed by atoms with Crippen molar-refractivity contribution >= 4 is 11.0 Å². The third-order valence-corrected chi connectivity index (χ3v) is 4.67. The second kappa shape index (κ2) is 5.69. The van der Waals surface area contributed by atoms with E-state index in [-0.39, 0.29) is 11.2 Å². The molecule has 1 N–H and O–H groups in total. The van der Waals surface area contributed by atoms with Crippen LogP contribution in [-0.4, -0.2) is 20.1 Å². The van der Waals surface area contributed by atoms with Gasteiger partial charge >= 0.3 is 0 Å². The van der Waals surface area contributed by atoms with E-state index in [4.69, 9.17) is 0 Å². The Hall–Kier alpha value is -2.36. The van der Waals surface area contributed by atoms with Gasteiger partial charge in [-0.25, -0.2) is 0 Å². The van der Waals surface area contributed by atoms with Gasteiger partial charge in [0.1, 0.15) is 22.5 Å². The molecule has 3 rings (SSSR count). The average Bonchev–Trinajstić information content (AvgIpc) is 2.98. The SMILES string of the molecule is CCc1cc(-n2nc3ccccc3n2)c(O)c(C(C)(C)CC)c1. The average molecular weight is 309 g/mol. The minimum atomic E-state index is -0.101. The molecule has 4 heteroatoms. The molecular weight excluding hydrogens is 286 g/mol. The highest BCUT2D eigenvalue weighted by Gasteiger charge is 2.25. The minimum absolute atomic E-state index is 0.101.